The van der Waals surface area contributed by atoms with Crippen LogP contribution in [0.1, 0.15) is 35.6 Å². The highest BCUT2D eigenvalue weighted by Gasteiger charge is 2.30. The zero-order valence-electron chi connectivity index (χ0n) is 21.1. The average molecular weight is 541 g/mol. The van der Waals surface area contributed by atoms with Gasteiger partial charge in [-0.05, 0) is 79.1 Å². The summed E-state index contributed by atoms with van der Waals surface area (Å²) in [6, 6.07) is 17.6. The van der Waals surface area contributed by atoms with E-state index in [9.17, 15) is 23.1 Å². The van der Waals surface area contributed by atoms with E-state index in [0.29, 0.717) is 34.8 Å². The molecule has 0 aliphatic heterocycles. The number of hydrogen-bond donors (Lipinski definition) is 1. The Morgan fingerprint density at radius 1 is 1.08 bits per heavy atom. The molecule has 1 N–H and O–H groups in total. The number of benzene rings is 3. The summed E-state index contributed by atoms with van der Waals surface area (Å²) in [6.07, 6.45) is -3.10. The quantitative estimate of drug-likeness (QED) is 0.225. The average Bonchev–Trinajstić information content (AvgIpc) is 2.90. The second-order valence-electron chi connectivity index (χ2n) is 8.26. The van der Waals surface area contributed by atoms with E-state index in [4.69, 9.17) is 9.47 Å². The second-order valence-corrected chi connectivity index (χ2v) is 9.36. The number of rotatable bonds is 9. The van der Waals surface area contributed by atoms with Gasteiger partial charge in [0.25, 0.3) is 0 Å². The number of hydrogen-bond acceptors (Lipinski definition) is 4. The van der Waals surface area contributed by atoms with Gasteiger partial charge in [-0.3, -0.25) is 0 Å². The van der Waals surface area contributed by atoms with E-state index < -0.39 is 23.8 Å². The first-order valence-corrected chi connectivity index (χ1v) is 12.8. The monoisotopic (exact) mass is 540 g/mol. The normalized spacial score (nSPS) is 12.3. The molecule has 0 fully saturated rings. The summed E-state index contributed by atoms with van der Waals surface area (Å²) in [4.78, 5) is 12.2. The van der Waals surface area contributed by atoms with E-state index in [0.717, 1.165) is 28.2 Å². The zero-order valence-corrected chi connectivity index (χ0v) is 22.0. The number of halogens is 3. The molecule has 8 heteroatoms. The van der Waals surface area contributed by atoms with Crippen LogP contribution in [-0.2, 0) is 11.0 Å². The van der Waals surface area contributed by atoms with E-state index in [1.807, 2.05) is 37.3 Å². The molecule has 1 atom stereocenters. The smallest absolute Gasteiger partial charge is 0.416 e. The van der Waals surface area contributed by atoms with Crippen LogP contribution in [-0.4, -0.2) is 30.0 Å². The highest BCUT2D eigenvalue weighted by molar-refractivity contribution is 7.99. The fourth-order valence-electron chi connectivity index (χ4n) is 3.42. The van der Waals surface area contributed by atoms with Crippen LogP contribution in [0.25, 0.3) is 5.57 Å². The lowest BCUT2D eigenvalue weighted by Crippen LogP contribution is -2.26. The van der Waals surface area contributed by atoms with Gasteiger partial charge in [0, 0.05) is 21.8 Å². The first-order chi connectivity index (χ1) is 18.1. The number of alkyl halides is 3. The number of carboxylic acid groups (broad SMARTS) is 1. The van der Waals surface area contributed by atoms with Crippen molar-refractivity contribution < 1.29 is 32.5 Å². The van der Waals surface area contributed by atoms with E-state index in [2.05, 4.69) is 11.8 Å². The van der Waals surface area contributed by atoms with Crippen LogP contribution >= 0.6 is 11.8 Å². The van der Waals surface area contributed by atoms with Crippen molar-refractivity contribution in [2.24, 2.45) is 0 Å². The Hall–Kier alpha value is -3.83. The van der Waals surface area contributed by atoms with E-state index in [-0.39, 0.29) is 0 Å². The molecule has 198 valence electrons. The van der Waals surface area contributed by atoms with Gasteiger partial charge in [0.15, 0.2) is 6.10 Å². The Morgan fingerprint density at radius 2 is 1.76 bits per heavy atom. The number of thioether (sulfide) groups is 1. The lowest BCUT2D eigenvalue weighted by Gasteiger charge is -2.15. The number of aliphatic carboxylic acids is 1. The Labute approximate surface area is 224 Å². The van der Waals surface area contributed by atoms with Gasteiger partial charge in [-0.2, -0.15) is 13.2 Å². The number of ether oxygens (including phenoxy) is 2. The summed E-state index contributed by atoms with van der Waals surface area (Å²) in [5, 5.41) is 9.23. The third-order valence-electron chi connectivity index (χ3n) is 5.55. The van der Waals surface area contributed by atoms with Crippen molar-refractivity contribution in [2.45, 2.75) is 37.4 Å². The molecule has 3 rings (SSSR count). The van der Waals surface area contributed by atoms with E-state index in [1.54, 1.807) is 32.2 Å². The Kier molecular flexibility index (Phi) is 9.91. The van der Waals surface area contributed by atoms with Crippen molar-refractivity contribution in [1.29, 1.82) is 0 Å². The van der Waals surface area contributed by atoms with Gasteiger partial charge in [0.2, 0.25) is 0 Å². The molecule has 0 bridgehead atoms. The number of allylic oxidation sites excluding steroid dienone is 1. The SMILES string of the molecule is CCC(Oc1ccc(SCC=C(C#Cc2ccc(OC)cc2)c2ccc(C(F)(F)F)cc2)cc1C)C(=O)O. The van der Waals surface area contributed by atoms with Crippen LogP contribution in [0.4, 0.5) is 13.2 Å². The Balaban J connectivity index is 1.81. The van der Waals surface area contributed by atoms with Crippen molar-refractivity contribution >= 4 is 23.3 Å². The standard InChI is InChI=1S/C30H27F3O4S/c1-4-27(29(34)35)37-28-16-15-26(19-20(28)2)38-18-17-23(8-5-21-6-13-25(36-3)14-7-21)22-9-11-24(12-10-22)30(31,32)33/h6-7,9-17,19,27H,4,18H2,1-3H3,(H,34,35). The summed E-state index contributed by atoms with van der Waals surface area (Å²) in [5.41, 5.74) is 2.02. The maximum atomic E-state index is 13.0. The summed E-state index contributed by atoms with van der Waals surface area (Å²) in [5.74, 6) is 6.87. The maximum Gasteiger partial charge on any atom is 0.416 e. The molecular formula is C30H27F3O4S. The van der Waals surface area contributed by atoms with Crippen molar-refractivity contribution in [3.05, 3.63) is 95.1 Å². The van der Waals surface area contributed by atoms with Crippen LogP contribution in [0.2, 0.25) is 0 Å². The maximum absolute atomic E-state index is 13.0. The van der Waals surface area contributed by atoms with Gasteiger partial charge < -0.3 is 14.6 Å². The summed E-state index contributed by atoms with van der Waals surface area (Å²) >= 11 is 1.52. The molecular weight excluding hydrogens is 513 g/mol. The van der Waals surface area contributed by atoms with Gasteiger partial charge in [-0.15, -0.1) is 11.8 Å². The molecule has 0 aliphatic rings. The molecule has 3 aromatic rings. The largest absolute Gasteiger partial charge is 0.497 e. The number of methoxy groups -OCH3 is 1. The molecule has 0 radical (unpaired) electrons. The van der Waals surface area contributed by atoms with Gasteiger partial charge in [-0.25, -0.2) is 4.79 Å². The molecule has 38 heavy (non-hydrogen) atoms. The van der Waals surface area contributed by atoms with E-state index in [1.165, 1.54) is 23.9 Å². The molecule has 0 saturated carbocycles. The van der Waals surface area contributed by atoms with Gasteiger partial charge in [-0.1, -0.05) is 37.0 Å². The Bertz CT molecular complexity index is 1340. The van der Waals surface area contributed by atoms with Crippen LogP contribution in [0.3, 0.4) is 0 Å². The van der Waals surface area contributed by atoms with Crippen LogP contribution in [0.15, 0.2) is 77.7 Å². The lowest BCUT2D eigenvalue weighted by atomic mass is 10.0. The molecule has 0 aliphatic carbocycles. The minimum absolute atomic E-state index is 0.348. The zero-order chi connectivity index (χ0) is 27.7. The van der Waals surface area contributed by atoms with Crippen LogP contribution in [0, 0.1) is 18.8 Å². The molecule has 0 aromatic heterocycles. The summed E-state index contributed by atoms with van der Waals surface area (Å²) in [7, 11) is 1.57. The Morgan fingerprint density at radius 3 is 2.32 bits per heavy atom. The fourth-order valence-corrected chi connectivity index (χ4v) is 4.29. The highest BCUT2D eigenvalue weighted by Crippen LogP contribution is 2.31. The predicted molar refractivity (Wildman–Crippen MR) is 144 cm³/mol. The van der Waals surface area contributed by atoms with Gasteiger partial charge in [0.1, 0.15) is 11.5 Å². The molecule has 0 amide bonds. The van der Waals surface area contributed by atoms with E-state index >= 15 is 0 Å². The third kappa shape index (κ3) is 8.09. The minimum Gasteiger partial charge on any atom is -0.497 e. The van der Waals surface area contributed by atoms with Gasteiger partial charge in [0.05, 0.1) is 12.7 Å². The number of carboxylic acids is 1. The fraction of sp³-hybridized carbons (Fsp3) is 0.233. The van der Waals surface area contributed by atoms with Crippen molar-refractivity contribution in [1.82, 2.24) is 0 Å². The van der Waals surface area contributed by atoms with Crippen LogP contribution < -0.4 is 9.47 Å². The molecule has 0 spiro atoms. The molecule has 4 nitrogen and oxygen atoms in total. The minimum atomic E-state index is -4.41. The third-order valence-corrected chi connectivity index (χ3v) is 6.47. The molecule has 1 unspecified atom stereocenters. The topological polar surface area (TPSA) is 55.8 Å². The van der Waals surface area contributed by atoms with Crippen molar-refractivity contribution in [3.8, 4) is 23.3 Å². The molecule has 3 aromatic carbocycles. The van der Waals surface area contributed by atoms with Crippen molar-refractivity contribution in [2.75, 3.05) is 12.9 Å². The second kappa shape index (κ2) is 13.1. The highest BCUT2D eigenvalue weighted by atomic mass is 32.2. The van der Waals surface area contributed by atoms with Gasteiger partial charge >= 0.3 is 12.1 Å². The first kappa shape index (κ1) is 28.7. The summed E-state index contributed by atoms with van der Waals surface area (Å²) in [6.45, 7) is 3.59. The number of aryl methyl sites for hydroxylation is 1. The van der Waals surface area contributed by atoms with Crippen molar-refractivity contribution in [3.63, 3.8) is 0 Å². The first-order valence-electron chi connectivity index (χ1n) is 11.8. The lowest BCUT2D eigenvalue weighted by molar-refractivity contribution is -0.145. The molecule has 0 saturated heterocycles. The number of carbonyl (C=O) groups is 1. The van der Waals surface area contributed by atoms with Crippen LogP contribution in [0.5, 0.6) is 11.5 Å². The summed E-state index contributed by atoms with van der Waals surface area (Å²) < 4.78 is 49.9. The predicted octanol–water partition coefficient (Wildman–Crippen LogP) is 7.49. The molecule has 0 heterocycles.